The number of thioether (sulfide) groups is 1. The van der Waals surface area contributed by atoms with Gasteiger partial charge in [-0.2, -0.15) is 4.68 Å². The van der Waals surface area contributed by atoms with Crippen molar-refractivity contribution < 1.29 is 4.79 Å². The van der Waals surface area contributed by atoms with Gasteiger partial charge < -0.3 is 0 Å². The van der Waals surface area contributed by atoms with Crippen LogP contribution in [0.2, 0.25) is 0 Å². The molecule has 1 aromatic carbocycles. The number of aryl methyl sites for hydroxylation is 1. The van der Waals surface area contributed by atoms with Crippen LogP contribution in [0, 0.1) is 0 Å². The number of anilines is 1. The quantitative estimate of drug-likeness (QED) is 0.488. The summed E-state index contributed by atoms with van der Waals surface area (Å²) in [5.41, 5.74) is 3.18. The first-order valence-corrected chi connectivity index (χ1v) is 11.2. The van der Waals surface area contributed by atoms with Crippen molar-refractivity contribution in [3.63, 3.8) is 0 Å². The molecule has 3 rings (SSSR count). The maximum absolute atomic E-state index is 11.7. The smallest absolute Gasteiger partial charge is 0.225 e. The number of thiazole rings is 1. The monoisotopic (exact) mass is 416 g/mol. The minimum Gasteiger partial charge on any atom is -0.289 e. The van der Waals surface area contributed by atoms with Crippen LogP contribution < -0.4 is 4.90 Å². The normalized spacial score (nSPS) is 11.0. The van der Waals surface area contributed by atoms with Gasteiger partial charge in [0.15, 0.2) is 5.13 Å². The van der Waals surface area contributed by atoms with E-state index in [1.54, 1.807) is 16.5 Å². The van der Waals surface area contributed by atoms with E-state index in [0.29, 0.717) is 12.3 Å². The van der Waals surface area contributed by atoms with Crippen LogP contribution >= 0.6 is 23.1 Å². The van der Waals surface area contributed by atoms with Gasteiger partial charge in [0.05, 0.1) is 11.4 Å². The molecule has 0 N–H and O–H groups in total. The second-order valence-corrected chi connectivity index (χ2v) is 8.10. The lowest BCUT2D eigenvalue weighted by Crippen LogP contribution is -2.27. The van der Waals surface area contributed by atoms with E-state index >= 15 is 0 Å². The van der Waals surface area contributed by atoms with Crippen LogP contribution in [0.15, 0.2) is 34.8 Å². The SMILES string of the molecule is CCCCc1ccc(-n2nnnc2SCc2csc(N(CC)C(C)=O)n2)cc1. The molecule has 3 aromatic rings. The lowest BCUT2D eigenvalue weighted by Gasteiger charge is -2.14. The van der Waals surface area contributed by atoms with E-state index in [1.807, 2.05) is 12.3 Å². The van der Waals surface area contributed by atoms with Crippen LogP contribution in [0.4, 0.5) is 5.13 Å². The molecule has 0 bridgehead atoms. The molecular formula is C19H24N6OS2. The van der Waals surface area contributed by atoms with Crippen molar-refractivity contribution in [3.8, 4) is 5.69 Å². The molecule has 9 heteroatoms. The highest BCUT2D eigenvalue weighted by Gasteiger charge is 2.15. The van der Waals surface area contributed by atoms with Gasteiger partial charge in [0.1, 0.15) is 0 Å². The second-order valence-electron chi connectivity index (χ2n) is 6.32. The Labute approximate surface area is 173 Å². The van der Waals surface area contributed by atoms with Gasteiger partial charge in [-0.05, 0) is 47.9 Å². The van der Waals surface area contributed by atoms with E-state index < -0.39 is 0 Å². The molecule has 0 spiro atoms. The summed E-state index contributed by atoms with van der Waals surface area (Å²) in [5, 5.41) is 15.5. The molecule has 2 heterocycles. The molecule has 0 atom stereocenters. The van der Waals surface area contributed by atoms with Gasteiger partial charge in [-0.15, -0.1) is 16.4 Å². The summed E-state index contributed by atoms with van der Waals surface area (Å²) >= 11 is 3.01. The molecular weight excluding hydrogens is 392 g/mol. The maximum atomic E-state index is 11.7. The maximum Gasteiger partial charge on any atom is 0.225 e. The third kappa shape index (κ3) is 4.96. The fraction of sp³-hybridized carbons (Fsp3) is 0.421. The first-order chi connectivity index (χ1) is 13.6. The van der Waals surface area contributed by atoms with Crippen molar-refractivity contribution in [1.29, 1.82) is 0 Å². The van der Waals surface area contributed by atoms with Crippen LogP contribution in [0.1, 0.15) is 44.9 Å². The van der Waals surface area contributed by atoms with Crippen molar-refractivity contribution >= 4 is 34.1 Å². The Balaban J connectivity index is 1.66. The summed E-state index contributed by atoms with van der Waals surface area (Å²) in [4.78, 5) is 17.9. The molecule has 7 nitrogen and oxygen atoms in total. The lowest BCUT2D eigenvalue weighted by molar-refractivity contribution is -0.116. The molecule has 0 aliphatic rings. The molecule has 0 saturated carbocycles. The topological polar surface area (TPSA) is 76.8 Å². The number of tetrazole rings is 1. The molecule has 0 radical (unpaired) electrons. The Morgan fingerprint density at radius 2 is 2.04 bits per heavy atom. The summed E-state index contributed by atoms with van der Waals surface area (Å²) in [7, 11) is 0. The van der Waals surface area contributed by atoms with E-state index in [4.69, 9.17) is 0 Å². The van der Waals surface area contributed by atoms with Gasteiger partial charge in [-0.25, -0.2) is 4.98 Å². The molecule has 28 heavy (non-hydrogen) atoms. The molecule has 0 saturated heterocycles. The third-order valence-electron chi connectivity index (χ3n) is 4.26. The Morgan fingerprint density at radius 1 is 1.25 bits per heavy atom. The number of hydrogen-bond donors (Lipinski definition) is 0. The molecule has 0 fully saturated rings. The van der Waals surface area contributed by atoms with Gasteiger partial charge in [-0.1, -0.05) is 37.2 Å². The largest absolute Gasteiger partial charge is 0.289 e. The summed E-state index contributed by atoms with van der Waals surface area (Å²) < 4.78 is 1.75. The number of nitrogens with zero attached hydrogens (tertiary/aromatic N) is 6. The molecule has 0 unspecified atom stereocenters. The molecule has 0 aliphatic heterocycles. The predicted octanol–water partition coefficient (Wildman–Crippen LogP) is 4.13. The van der Waals surface area contributed by atoms with E-state index in [1.165, 1.54) is 41.5 Å². The van der Waals surface area contributed by atoms with Gasteiger partial charge in [0.25, 0.3) is 0 Å². The number of unbranched alkanes of at least 4 members (excludes halogenated alkanes) is 1. The van der Waals surface area contributed by atoms with Crippen LogP contribution in [0.5, 0.6) is 0 Å². The van der Waals surface area contributed by atoms with Crippen LogP contribution in [-0.4, -0.2) is 37.6 Å². The molecule has 148 valence electrons. The number of carbonyl (C=O) groups excluding carboxylic acids is 1. The number of rotatable bonds is 9. The van der Waals surface area contributed by atoms with E-state index in [-0.39, 0.29) is 5.91 Å². The van der Waals surface area contributed by atoms with Crippen molar-refractivity contribution in [2.45, 2.75) is 50.9 Å². The lowest BCUT2D eigenvalue weighted by atomic mass is 10.1. The Morgan fingerprint density at radius 3 is 2.71 bits per heavy atom. The zero-order chi connectivity index (χ0) is 19.9. The average molecular weight is 417 g/mol. The Bertz CT molecular complexity index is 905. The minimum absolute atomic E-state index is 0.00220. The van der Waals surface area contributed by atoms with E-state index in [2.05, 4.69) is 51.7 Å². The third-order valence-corrected chi connectivity index (χ3v) is 6.12. The van der Waals surface area contributed by atoms with Gasteiger partial charge in [0, 0.05) is 24.6 Å². The fourth-order valence-corrected chi connectivity index (χ4v) is 4.55. The Kier molecular flexibility index (Phi) is 7.16. The first-order valence-electron chi connectivity index (χ1n) is 9.35. The predicted molar refractivity (Wildman–Crippen MR) is 113 cm³/mol. The first kappa shape index (κ1) is 20.5. The molecule has 0 aliphatic carbocycles. The summed E-state index contributed by atoms with van der Waals surface area (Å²) in [6, 6.07) is 8.38. The standard InChI is InChI=1S/C19H24N6OS2/c1-4-6-7-15-8-10-17(11-9-15)25-19(21-22-23-25)28-13-16-12-27-18(20-16)24(5-2)14(3)26/h8-12H,4-7,13H2,1-3H3. The highest BCUT2D eigenvalue weighted by molar-refractivity contribution is 7.98. The van der Waals surface area contributed by atoms with Crippen LogP contribution in [0.25, 0.3) is 5.69 Å². The number of carbonyl (C=O) groups is 1. The van der Waals surface area contributed by atoms with Gasteiger partial charge in [0.2, 0.25) is 11.1 Å². The van der Waals surface area contributed by atoms with E-state index in [9.17, 15) is 4.79 Å². The zero-order valence-electron chi connectivity index (χ0n) is 16.3. The zero-order valence-corrected chi connectivity index (χ0v) is 18.0. The summed E-state index contributed by atoms with van der Waals surface area (Å²) in [5.74, 6) is 0.642. The molecule has 2 aromatic heterocycles. The summed E-state index contributed by atoms with van der Waals surface area (Å²) in [6.45, 7) is 6.31. The number of hydrogen-bond acceptors (Lipinski definition) is 7. The number of amides is 1. The van der Waals surface area contributed by atoms with Crippen molar-refractivity contribution in [3.05, 3.63) is 40.9 Å². The van der Waals surface area contributed by atoms with Crippen LogP contribution in [-0.2, 0) is 17.0 Å². The second kappa shape index (κ2) is 9.79. The van der Waals surface area contributed by atoms with Gasteiger partial charge >= 0.3 is 0 Å². The highest BCUT2D eigenvalue weighted by atomic mass is 32.2. The number of benzene rings is 1. The highest BCUT2D eigenvalue weighted by Crippen LogP contribution is 2.26. The van der Waals surface area contributed by atoms with Crippen molar-refractivity contribution in [2.75, 3.05) is 11.4 Å². The average Bonchev–Trinajstić information content (AvgIpc) is 3.35. The van der Waals surface area contributed by atoms with Crippen molar-refractivity contribution in [1.82, 2.24) is 25.2 Å². The van der Waals surface area contributed by atoms with Crippen LogP contribution in [0.3, 0.4) is 0 Å². The Hall–Kier alpha value is -2.26. The number of aromatic nitrogens is 5. The van der Waals surface area contributed by atoms with E-state index in [0.717, 1.165) is 28.1 Å². The summed E-state index contributed by atoms with van der Waals surface area (Å²) in [6.07, 6.45) is 3.48. The fourth-order valence-electron chi connectivity index (χ4n) is 2.73. The van der Waals surface area contributed by atoms with Crippen molar-refractivity contribution in [2.24, 2.45) is 0 Å². The molecule has 1 amide bonds. The minimum atomic E-state index is 0.00220. The van der Waals surface area contributed by atoms with Gasteiger partial charge in [-0.3, -0.25) is 9.69 Å².